The Morgan fingerprint density at radius 1 is 1.53 bits per heavy atom. The highest BCUT2D eigenvalue weighted by Gasteiger charge is 2.18. The second-order valence-electron chi connectivity index (χ2n) is 3.75. The first kappa shape index (κ1) is 10.2. The van der Waals surface area contributed by atoms with Gasteiger partial charge in [-0.15, -0.1) is 0 Å². The number of hydrogen-bond donors (Lipinski definition) is 2. The van der Waals surface area contributed by atoms with Gasteiger partial charge in [-0.25, -0.2) is 9.97 Å². The van der Waals surface area contributed by atoms with Crippen molar-refractivity contribution in [3.8, 4) is 0 Å². The van der Waals surface area contributed by atoms with E-state index in [4.69, 9.17) is 0 Å². The third-order valence-electron chi connectivity index (χ3n) is 2.63. The number of piperidine rings is 1. The fourth-order valence-electron chi connectivity index (χ4n) is 1.82. The van der Waals surface area contributed by atoms with Crippen molar-refractivity contribution in [2.45, 2.75) is 18.9 Å². The lowest BCUT2D eigenvalue weighted by atomic mass is 10.1. The predicted octanol–water partition coefficient (Wildman–Crippen LogP) is 0.479. The van der Waals surface area contributed by atoms with Crippen LogP contribution in [-0.4, -0.2) is 41.3 Å². The number of rotatable bonds is 2. The van der Waals surface area contributed by atoms with Gasteiger partial charge < -0.3 is 15.3 Å². The smallest absolute Gasteiger partial charge is 0.134 e. The monoisotopic (exact) mass is 208 g/mol. The molecule has 2 N–H and O–H groups in total. The van der Waals surface area contributed by atoms with Crippen molar-refractivity contribution in [3.05, 3.63) is 12.4 Å². The Hall–Kier alpha value is -1.36. The molecule has 5 heteroatoms. The second-order valence-corrected chi connectivity index (χ2v) is 3.75. The molecule has 1 atom stereocenters. The van der Waals surface area contributed by atoms with Crippen LogP contribution in [-0.2, 0) is 0 Å². The SMILES string of the molecule is CNc1cc(N2CCC[C@@H](O)C2)ncn1. The highest BCUT2D eigenvalue weighted by Crippen LogP contribution is 2.18. The average Bonchev–Trinajstić information content (AvgIpc) is 2.29. The minimum Gasteiger partial charge on any atom is -0.391 e. The zero-order chi connectivity index (χ0) is 10.7. The third kappa shape index (κ3) is 2.36. The van der Waals surface area contributed by atoms with Gasteiger partial charge in [0.2, 0.25) is 0 Å². The lowest BCUT2D eigenvalue weighted by Gasteiger charge is -2.30. The molecule has 0 spiro atoms. The Labute approximate surface area is 89.2 Å². The molecular formula is C10H16N4O. The van der Waals surface area contributed by atoms with Gasteiger partial charge in [0.1, 0.15) is 18.0 Å². The molecule has 5 nitrogen and oxygen atoms in total. The van der Waals surface area contributed by atoms with Crippen LogP contribution in [0.4, 0.5) is 11.6 Å². The highest BCUT2D eigenvalue weighted by atomic mass is 16.3. The average molecular weight is 208 g/mol. The topological polar surface area (TPSA) is 61.3 Å². The summed E-state index contributed by atoms with van der Waals surface area (Å²) < 4.78 is 0. The van der Waals surface area contributed by atoms with Crippen molar-refractivity contribution in [1.29, 1.82) is 0 Å². The van der Waals surface area contributed by atoms with Gasteiger partial charge in [-0.1, -0.05) is 0 Å². The highest BCUT2D eigenvalue weighted by molar-refractivity contribution is 5.48. The van der Waals surface area contributed by atoms with E-state index in [9.17, 15) is 5.11 Å². The van der Waals surface area contributed by atoms with Crippen LogP contribution in [0.1, 0.15) is 12.8 Å². The first-order chi connectivity index (χ1) is 7.29. The zero-order valence-corrected chi connectivity index (χ0v) is 8.85. The summed E-state index contributed by atoms with van der Waals surface area (Å²) in [5, 5.41) is 12.5. The van der Waals surface area contributed by atoms with Gasteiger partial charge in [-0.05, 0) is 12.8 Å². The van der Waals surface area contributed by atoms with Gasteiger partial charge >= 0.3 is 0 Å². The van der Waals surface area contributed by atoms with E-state index in [0.29, 0.717) is 6.54 Å². The number of β-amino-alcohol motifs (C(OH)–C–C–N with tert-alkyl or cyclic N) is 1. The Bertz CT molecular complexity index is 331. The molecule has 2 heterocycles. The number of aliphatic hydroxyl groups excluding tert-OH is 1. The first-order valence-corrected chi connectivity index (χ1v) is 5.22. The van der Waals surface area contributed by atoms with E-state index in [0.717, 1.165) is 31.0 Å². The molecule has 15 heavy (non-hydrogen) atoms. The molecule has 0 aromatic carbocycles. The van der Waals surface area contributed by atoms with Crippen molar-refractivity contribution in [2.24, 2.45) is 0 Å². The van der Waals surface area contributed by atoms with Gasteiger partial charge in [0.15, 0.2) is 0 Å². The van der Waals surface area contributed by atoms with Gasteiger partial charge in [0.25, 0.3) is 0 Å². The van der Waals surface area contributed by atoms with Gasteiger partial charge in [0, 0.05) is 26.2 Å². The van der Waals surface area contributed by atoms with Crippen LogP contribution in [0.2, 0.25) is 0 Å². The van der Waals surface area contributed by atoms with E-state index in [1.807, 2.05) is 13.1 Å². The summed E-state index contributed by atoms with van der Waals surface area (Å²) in [5.74, 6) is 1.69. The van der Waals surface area contributed by atoms with E-state index in [-0.39, 0.29) is 6.10 Å². The Morgan fingerprint density at radius 2 is 2.40 bits per heavy atom. The van der Waals surface area contributed by atoms with Gasteiger partial charge in [0.05, 0.1) is 6.10 Å². The van der Waals surface area contributed by atoms with Crippen LogP contribution in [0.15, 0.2) is 12.4 Å². The summed E-state index contributed by atoms with van der Waals surface area (Å²) in [6.07, 6.45) is 3.22. The summed E-state index contributed by atoms with van der Waals surface area (Å²) in [7, 11) is 1.83. The Morgan fingerprint density at radius 3 is 3.13 bits per heavy atom. The number of anilines is 2. The van der Waals surface area contributed by atoms with Gasteiger partial charge in [-0.3, -0.25) is 0 Å². The number of aromatic nitrogens is 2. The Kier molecular flexibility index (Phi) is 3.01. The van der Waals surface area contributed by atoms with Crippen molar-refractivity contribution in [1.82, 2.24) is 9.97 Å². The molecule has 0 saturated carbocycles. The van der Waals surface area contributed by atoms with E-state index in [1.165, 1.54) is 0 Å². The molecule has 1 aliphatic heterocycles. The van der Waals surface area contributed by atoms with E-state index >= 15 is 0 Å². The first-order valence-electron chi connectivity index (χ1n) is 5.22. The van der Waals surface area contributed by atoms with Crippen molar-refractivity contribution in [2.75, 3.05) is 30.4 Å². The third-order valence-corrected chi connectivity index (χ3v) is 2.63. The molecule has 2 rings (SSSR count). The van der Waals surface area contributed by atoms with E-state index < -0.39 is 0 Å². The minimum atomic E-state index is -0.230. The van der Waals surface area contributed by atoms with Crippen LogP contribution in [0.5, 0.6) is 0 Å². The van der Waals surface area contributed by atoms with E-state index in [1.54, 1.807) is 6.33 Å². The standard InChI is InChI=1S/C10H16N4O/c1-11-9-5-10(13-7-12-9)14-4-2-3-8(15)6-14/h5,7-8,15H,2-4,6H2,1H3,(H,11,12,13)/t8-/m1/s1. The number of nitrogens with zero attached hydrogens (tertiary/aromatic N) is 3. The number of nitrogens with one attached hydrogen (secondary N) is 1. The zero-order valence-electron chi connectivity index (χ0n) is 8.85. The lowest BCUT2D eigenvalue weighted by molar-refractivity contribution is 0.154. The summed E-state index contributed by atoms with van der Waals surface area (Å²) in [5.41, 5.74) is 0. The van der Waals surface area contributed by atoms with Crippen molar-refractivity contribution >= 4 is 11.6 Å². The molecule has 0 amide bonds. The molecule has 1 aromatic heterocycles. The predicted molar refractivity (Wildman–Crippen MR) is 59.0 cm³/mol. The molecule has 0 unspecified atom stereocenters. The summed E-state index contributed by atoms with van der Waals surface area (Å²) >= 11 is 0. The van der Waals surface area contributed by atoms with Crippen LogP contribution in [0.25, 0.3) is 0 Å². The number of aliphatic hydroxyl groups is 1. The molecule has 0 radical (unpaired) electrons. The second kappa shape index (κ2) is 4.44. The lowest BCUT2D eigenvalue weighted by Crippen LogP contribution is -2.38. The van der Waals surface area contributed by atoms with Crippen LogP contribution in [0, 0.1) is 0 Å². The maximum absolute atomic E-state index is 9.57. The summed E-state index contributed by atoms with van der Waals surface area (Å²) in [6.45, 7) is 1.62. The molecule has 1 aromatic rings. The Balaban J connectivity index is 2.13. The summed E-state index contributed by atoms with van der Waals surface area (Å²) in [6, 6.07) is 1.90. The normalized spacial score (nSPS) is 21.5. The molecule has 82 valence electrons. The fraction of sp³-hybridized carbons (Fsp3) is 0.600. The van der Waals surface area contributed by atoms with E-state index in [2.05, 4.69) is 20.2 Å². The minimum absolute atomic E-state index is 0.230. The molecule has 0 aliphatic carbocycles. The van der Waals surface area contributed by atoms with Crippen LogP contribution < -0.4 is 10.2 Å². The number of hydrogen-bond acceptors (Lipinski definition) is 5. The fourth-order valence-corrected chi connectivity index (χ4v) is 1.82. The maximum atomic E-state index is 9.57. The molecule has 1 saturated heterocycles. The summed E-state index contributed by atoms with van der Waals surface area (Å²) in [4.78, 5) is 10.4. The van der Waals surface area contributed by atoms with Crippen molar-refractivity contribution in [3.63, 3.8) is 0 Å². The van der Waals surface area contributed by atoms with Crippen molar-refractivity contribution < 1.29 is 5.11 Å². The molecule has 0 bridgehead atoms. The van der Waals surface area contributed by atoms with Crippen LogP contribution >= 0.6 is 0 Å². The molecule has 1 fully saturated rings. The van der Waals surface area contributed by atoms with Crippen LogP contribution in [0.3, 0.4) is 0 Å². The molecule has 1 aliphatic rings. The maximum Gasteiger partial charge on any atom is 0.134 e. The molecular weight excluding hydrogens is 192 g/mol. The largest absolute Gasteiger partial charge is 0.391 e. The van der Waals surface area contributed by atoms with Gasteiger partial charge in [-0.2, -0.15) is 0 Å². The quantitative estimate of drug-likeness (QED) is 0.740.